The second-order valence-electron chi connectivity index (χ2n) is 2.50. The van der Waals surface area contributed by atoms with Gasteiger partial charge in [-0.15, -0.1) is 0 Å². The minimum Gasteiger partial charge on any atom is -0.408 e. The maximum atomic E-state index is 12.7. The average Bonchev–Trinajstić information content (AvgIpc) is 2.15. The van der Waals surface area contributed by atoms with Gasteiger partial charge >= 0.3 is 0 Å². The number of halogens is 1. The van der Waals surface area contributed by atoms with Crippen LogP contribution in [0.25, 0.3) is 0 Å². The molecule has 0 atom stereocenters. The fourth-order valence-corrected chi connectivity index (χ4v) is 0.884. The van der Waals surface area contributed by atoms with Crippen LogP contribution in [0.2, 0.25) is 0 Å². The van der Waals surface area contributed by atoms with Crippen molar-refractivity contribution in [2.45, 2.75) is 0 Å². The highest BCUT2D eigenvalue weighted by Gasteiger charge is 2.05. The second-order valence-corrected chi connectivity index (χ2v) is 2.50. The summed E-state index contributed by atoms with van der Waals surface area (Å²) in [5.41, 5.74) is 5.83. The van der Waals surface area contributed by atoms with Crippen LogP contribution in [0.3, 0.4) is 0 Å². The van der Waals surface area contributed by atoms with Crippen LogP contribution in [-0.2, 0) is 0 Å². The molecule has 0 radical (unpaired) electrons. The normalized spacial score (nSPS) is 11.4. The number of hydrogen-bond acceptors (Lipinski definition) is 2. The van der Waals surface area contributed by atoms with Crippen LogP contribution in [0.5, 0.6) is 0 Å². The van der Waals surface area contributed by atoms with Crippen molar-refractivity contribution in [1.82, 2.24) is 0 Å². The van der Waals surface area contributed by atoms with Crippen molar-refractivity contribution in [1.29, 1.82) is 0 Å². The van der Waals surface area contributed by atoms with E-state index >= 15 is 0 Å². The predicted octanol–water partition coefficient (Wildman–Crippen LogP) is 0.966. The summed E-state index contributed by atoms with van der Waals surface area (Å²) in [6, 6.07) is 5.81. The molecule has 0 unspecified atom stereocenters. The number of hydrogen-bond donors (Lipinski definition) is 2. The lowest BCUT2D eigenvalue weighted by Gasteiger charge is -2.16. The first-order valence-electron chi connectivity index (χ1n) is 3.62. The molecule has 0 aliphatic heterocycles. The summed E-state index contributed by atoms with van der Waals surface area (Å²) < 4.78 is 12.7. The molecule has 5 heteroatoms. The molecule has 70 valence electrons. The monoisotopic (exact) mass is 183 g/mol. The van der Waals surface area contributed by atoms with Crippen molar-refractivity contribution >= 4 is 11.6 Å². The van der Waals surface area contributed by atoms with Gasteiger partial charge in [-0.3, -0.25) is 0 Å². The Labute approximate surface area is 75.1 Å². The quantitative estimate of drug-likeness (QED) is 0.295. The Morgan fingerprint density at radius 1 is 1.62 bits per heavy atom. The number of oxime groups is 1. The lowest BCUT2D eigenvalue weighted by molar-refractivity contribution is 0.317. The SMILES string of the molecule is CN(/C(N)=N/O)c1cccc(F)c1. The third-order valence-electron chi connectivity index (χ3n) is 1.64. The van der Waals surface area contributed by atoms with E-state index in [2.05, 4.69) is 5.16 Å². The molecule has 0 heterocycles. The van der Waals surface area contributed by atoms with Crippen LogP contribution in [0.4, 0.5) is 10.1 Å². The van der Waals surface area contributed by atoms with Gasteiger partial charge in [-0.2, -0.15) is 0 Å². The molecule has 1 rings (SSSR count). The Kier molecular flexibility index (Phi) is 2.69. The first kappa shape index (κ1) is 9.31. The van der Waals surface area contributed by atoms with Crippen molar-refractivity contribution in [3.63, 3.8) is 0 Å². The first-order valence-corrected chi connectivity index (χ1v) is 3.62. The molecule has 0 saturated carbocycles. The summed E-state index contributed by atoms with van der Waals surface area (Å²) in [6.45, 7) is 0. The van der Waals surface area contributed by atoms with Gasteiger partial charge in [-0.05, 0) is 18.2 Å². The minimum atomic E-state index is -0.366. The maximum Gasteiger partial charge on any atom is 0.237 e. The molecule has 0 spiro atoms. The van der Waals surface area contributed by atoms with E-state index in [1.54, 1.807) is 19.2 Å². The van der Waals surface area contributed by atoms with Crippen LogP contribution < -0.4 is 10.6 Å². The highest BCUT2D eigenvalue weighted by molar-refractivity contribution is 5.93. The summed E-state index contributed by atoms with van der Waals surface area (Å²) in [4.78, 5) is 1.36. The molecule has 0 saturated heterocycles. The lowest BCUT2D eigenvalue weighted by Crippen LogP contribution is -2.33. The molecule has 13 heavy (non-hydrogen) atoms. The van der Waals surface area contributed by atoms with E-state index in [9.17, 15) is 4.39 Å². The molecule has 0 aliphatic carbocycles. The van der Waals surface area contributed by atoms with E-state index in [-0.39, 0.29) is 11.8 Å². The zero-order chi connectivity index (χ0) is 9.84. The van der Waals surface area contributed by atoms with Crippen molar-refractivity contribution in [3.05, 3.63) is 30.1 Å². The lowest BCUT2D eigenvalue weighted by atomic mass is 10.3. The second kappa shape index (κ2) is 3.75. The third kappa shape index (κ3) is 2.08. The van der Waals surface area contributed by atoms with Gasteiger partial charge < -0.3 is 15.8 Å². The third-order valence-corrected chi connectivity index (χ3v) is 1.64. The minimum absolute atomic E-state index is 0.0920. The Morgan fingerprint density at radius 3 is 2.85 bits per heavy atom. The Bertz CT molecular complexity index is 327. The first-order chi connectivity index (χ1) is 6.15. The summed E-state index contributed by atoms with van der Waals surface area (Å²) in [7, 11) is 1.57. The predicted molar refractivity (Wildman–Crippen MR) is 48.2 cm³/mol. The van der Waals surface area contributed by atoms with Gasteiger partial charge in [0, 0.05) is 12.7 Å². The number of anilines is 1. The van der Waals surface area contributed by atoms with E-state index in [0.717, 1.165) is 0 Å². The van der Waals surface area contributed by atoms with E-state index in [1.165, 1.54) is 17.0 Å². The van der Waals surface area contributed by atoms with Crippen LogP contribution in [-0.4, -0.2) is 18.2 Å². The number of benzene rings is 1. The fourth-order valence-electron chi connectivity index (χ4n) is 0.884. The Balaban J connectivity index is 2.95. The molecule has 3 N–H and O–H groups in total. The van der Waals surface area contributed by atoms with E-state index in [4.69, 9.17) is 10.9 Å². The van der Waals surface area contributed by atoms with Gasteiger partial charge in [0.2, 0.25) is 5.96 Å². The van der Waals surface area contributed by atoms with Crippen molar-refractivity contribution < 1.29 is 9.60 Å². The average molecular weight is 183 g/mol. The molecule has 0 aromatic heterocycles. The van der Waals surface area contributed by atoms with Gasteiger partial charge in [-0.1, -0.05) is 11.2 Å². The molecule has 0 amide bonds. The summed E-state index contributed by atoms with van der Waals surface area (Å²) >= 11 is 0. The van der Waals surface area contributed by atoms with Gasteiger partial charge in [0.05, 0.1) is 0 Å². The fraction of sp³-hybridized carbons (Fsp3) is 0.125. The highest BCUT2D eigenvalue weighted by atomic mass is 19.1. The van der Waals surface area contributed by atoms with Crippen molar-refractivity contribution in [3.8, 4) is 0 Å². The molecule has 1 aromatic carbocycles. The van der Waals surface area contributed by atoms with Gasteiger partial charge in [0.15, 0.2) is 0 Å². The summed E-state index contributed by atoms with van der Waals surface area (Å²) in [5.74, 6) is -0.458. The van der Waals surface area contributed by atoms with E-state index in [1.807, 2.05) is 0 Å². The number of nitrogens with two attached hydrogens (primary N) is 1. The molecule has 1 aromatic rings. The van der Waals surface area contributed by atoms with E-state index in [0.29, 0.717) is 5.69 Å². The Morgan fingerprint density at radius 2 is 2.31 bits per heavy atom. The number of guanidine groups is 1. The zero-order valence-corrected chi connectivity index (χ0v) is 7.11. The largest absolute Gasteiger partial charge is 0.408 e. The molecular weight excluding hydrogens is 173 g/mol. The van der Waals surface area contributed by atoms with Crippen molar-refractivity contribution in [2.75, 3.05) is 11.9 Å². The van der Waals surface area contributed by atoms with Crippen LogP contribution in [0, 0.1) is 5.82 Å². The summed E-state index contributed by atoms with van der Waals surface area (Å²) in [5, 5.41) is 11.2. The van der Waals surface area contributed by atoms with Crippen molar-refractivity contribution in [2.24, 2.45) is 10.9 Å². The molecular formula is C8H10FN3O. The van der Waals surface area contributed by atoms with Crippen LogP contribution >= 0.6 is 0 Å². The van der Waals surface area contributed by atoms with Crippen LogP contribution in [0.15, 0.2) is 29.4 Å². The Hall–Kier alpha value is -1.78. The molecule has 0 fully saturated rings. The van der Waals surface area contributed by atoms with Gasteiger partial charge in [0.1, 0.15) is 5.82 Å². The molecule has 0 aliphatic rings. The topological polar surface area (TPSA) is 61.8 Å². The summed E-state index contributed by atoms with van der Waals surface area (Å²) in [6.07, 6.45) is 0. The van der Waals surface area contributed by atoms with E-state index < -0.39 is 0 Å². The smallest absolute Gasteiger partial charge is 0.237 e. The maximum absolute atomic E-state index is 12.7. The number of nitrogens with zero attached hydrogens (tertiary/aromatic N) is 2. The zero-order valence-electron chi connectivity index (χ0n) is 7.11. The number of rotatable bonds is 1. The van der Waals surface area contributed by atoms with Crippen LogP contribution in [0.1, 0.15) is 0 Å². The molecule has 0 bridgehead atoms. The standard InChI is InChI=1S/C8H10FN3O/c1-12(8(10)11-13)7-4-2-3-6(9)5-7/h2-5,13H,1H3,(H2,10,11). The van der Waals surface area contributed by atoms with Gasteiger partial charge in [0.25, 0.3) is 0 Å². The highest BCUT2D eigenvalue weighted by Crippen LogP contribution is 2.12. The molecule has 4 nitrogen and oxygen atoms in total. The van der Waals surface area contributed by atoms with Gasteiger partial charge in [-0.25, -0.2) is 4.39 Å².